The Morgan fingerprint density at radius 2 is 2.07 bits per heavy atom. The van der Waals surface area contributed by atoms with Crippen LogP contribution < -0.4 is 0 Å². The minimum atomic E-state index is 0.247. The number of nitrogens with zero attached hydrogens (tertiary/aromatic N) is 2. The summed E-state index contributed by atoms with van der Waals surface area (Å²) in [7, 11) is 0. The standard InChI is InChI=1S/C25H34N2O/c1-4-16-13-17-14-18(28)7-10-24(17,2)21-8-11-25(3)19(5-6-20(25)23(16)21)22-9-12-26-15-27-22/h5,9,12,15-17,20-21,23H,4,6-8,10-11,13-14H2,1-3H3/t16?,17?,20-,21+,23-,24-,25+/m0/s1. The van der Waals surface area contributed by atoms with Gasteiger partial charge in [0.25, 0.3) is 0 Å². The molecule has 28 heavy (non-hydrogen) atoms. The largest absolute Gasteiger partial charge is 0.300 e. The first-order valence-corrected chi connectivity index (χ1v) is 11.5. The molecule has 0 saturated heterocycles. The monoisotopic (exact) mass is 378 g/mol. The van der Waals surface area contributed by atoms with Gasteiger partial charge in [0.1, 0.15) is 12.1 Å². The van der Waals surface area contributed by atoms with Crippen LogP contribution >= 0.6 is 0 Å². The van der Waals surface area contributed by atoms with Crippen LogP contribution in [0.15, 0.2) is 24.7 Å². The molecule has 1 aromatic rings. The Morgan fingerprint density at radius 1 is 1.21 bits per heavy atom. The minimum Gasteiger partial charge on any atom is -0.300 e. The van der Waals surface area contributed by atoms with Gasteiger partial charge in [-0.3, -0.25) is 4.79 Å². The minimum absolute atomic E-state index is 0.247. The molecular formula is C25H34N2O. The summed E-state index contributed by atoms with van der Waals surface area (Å²) in [5, 5.41) is 0. The first-order valence-electron chi connectivity index (χ1n) is 11.5. The summed E-state index contributed by atoms with van der Waals surface area (Å²) >= 11 is 0. The van der Waals surface area contributed by atoms with Crippen molar-refractivity contribution in [3.05, 3.63) is 30.4 Å². The molecule has 0 N–H and O–H groups in total. The Morgan fingerprint density at radius 3 is 2.82 bits per heavy atom. The van der Waals surface area contributed by atoms with Gasteiger partial charge in [-0.1, -0.05) is 33.3 Å². The molecular weight excluding hydrogens is 344 g/mol. The summed E-state index contributed by atoms with van der Waals surface area (Å²) in [6.07, 6.45) is 15.2. The molecule has 4 aliphatic carbocycles. The van der Waals surface area contributed by atoms with Crippen molar-refractivity contribution >= 4 is 11.4 Å². The van der Waals surface area contributed by atoms with E-state index in [1.165, 1.54) is 37.7 Å². The molecule has 0 radical (unpaired) electrons. The van der Waals surface area contributed by atoms with Gasteiger partial charge in [0.05, 0.1) is 5.69 Å². The number of hydrogen-bond donors (Lipinski definition) is 0. The van der Waals surface area contributed by atoms with Crippen LogP contribution in [0.25, 0.3) is 5.57 Å². The van der Waals surface area contributed by atoms with Crippen molar-refractivity contribution in [3.8, 4) is 0 Å². The maximum atomic E-state index is 12.2. The van der Waals surface area contributed by atoms with Gasteiger partial charge in [-0.05, 0) is 84.2 Å². The van der Waals surface area contributed by atoms with Crippen LogP contribution in [0, 0.1) is 40.4 Å². The van der Waals surface area contributed by atoms with Crippen LogP contribution in [0.5, 0.6) is 0 Å². The second-order valence-electron chi connectivity index (χ2n) is 10.5. The smallest absolute Gasteiger partial charge is 0.133 e. The second kappa shape index (κ2) is 6.50. The number of carbonyl (C=O) groups is 1. The van der Waals surface area contributed by atoms with E-state index in [4.69, 9.17) is 0 Å². The summed E-state index contributed by atoms with van der Waals surface area (Å²) in [6, 6.07) is 2.09. The lowest BCUT2D eigenvalue weighted by molar-refractivity contribution is -0.146. The third kappa shape index (κ3) is 2.50. The van der Waals surface area contributed by atoms with Crippen LogP contribution in [0.2, 0.25) is 0 Å². The van der Waals surface area contributed by atoms with Crippen molar-refractivity contribution in [1.29, 1.82) is 0 Å². The second-order valence-corrected chi connectivity index (χ2v) is 10.5. The van der Waals surface area contributed by atoms with Gasteiger partial charge in [0.2, 0.25) is 0 Å². The van der Waals surface area contributed by atoms with Crippen LogP contribution in [0.3, 0.4) is 0 Å². The Bertz CT molecular complexity index is 802. The molecule has 0 aliphatic heterocycles. The van der Waals surface area contributed by atoms with Crippen molar-refractivity contribution in [2.75, 3.05) is 0 Å². The highest BCUT2D eigenvalue weighted by atomic mass is 16.1. The highest BCUT2D eigenvalue weighted by molar-refractivity contribution is 5.79. The molecule has 2 unspecified atom stereocenters. The fraction of sp³-hybridized carbons (Fsp3) is 0.720. The Kier molecular flexibility index (Phi) is 4.30. The van der Waals surface area contributed by atoms with Crippen LogP contribution in [-0.4, -0.2) is 15.8 Å². The van der Waals surface area contributed by atoms with Crippen LogP contribution in [-0.2, 0) is 4.79 Å². The first kappa shape index (κ1) is 18.5. The van der Waals surface area contributed by atoms with Gasteiger partial charge in [0.15, 0.2) is 0 Å². The number of carbonyl (C=O) groups excluding carboxylic acids is 1. The average Bonchev–Trinajstić information content (AvgIpc) is 3.06. The maximum Gasteiger partial charge on any atom is 0.133 e. The fourth-order valence-corrected chi connectivity index (χ4v) is 8.07. The Labute approximate surface area is 169 Å². The third-order valence-corrected chi connectivity index (χ3v) is 9.62. The summed E-state index contributed by atoms with van der Waals surface area (Å²) < 4.78 is 0. The number of ketones is 1. The Hall–Kier alpha value is -1.51. The molecule has 1 heterocycles. The number of hydrogen-bond acceptors (Lipinski definition) is 3. The van der Waals surface area contributed by atoms with Crippen LogP contribution in [0.1, 0.15) is 77.8 Å². The summed E-state index contributed by atoms with van der Waals surface area (Å²) in [6.45, 7) is 7.44. The Balaban J connectivity index is 1.50. The highest BCUT2D eigenvalue weighted by Crippen LogP contribution is 2.68. The van der Waals surface area contributed by atoms with E-state index in [1.54, 1.807) is 6.33 Å². The number of Topliss-reactive ketones (excluding diaryl/α,β-unsaturated/α-hetero) is 1. The van der Waals surface area contributed by atoms with E-state index in [2.05, 4.69) is 42.9 Å². The summed E-state index contributed by atoms with van der Waals surface area (Å²) in [4.78, 5) is 21.0. The van der Waals surface area contributed by atoms with E-state index < -0.39 is 0 Å². The predicted molar refractivity (Wildman–Crippen MR) is 111 cm³/mol. The van der Waals surface area contributed by atoms with Gasteiger partial charge in [0, 0.05) is 19.0 Å². The highest BCUT2D eigenvalue weighted by Gasteiger charge is 2.61. The van der Waals surface area contributed by atoms with Crippen molar-refractivity contribution in [2.24, 2.45) is 40.4 Å². The van der Waals surface area contributed by atoms with Crippen molar-refractivity contribution in [3.63, 3.8) is 0 Å². The van der Waals surface area contributed by atoms with E-state index in [1.807, 2.05) is 6.20 Å². The molecule has 4 aliphatic rings. The first-order chi connectivity index (χ1) is 13.5. The number of allylic oxidation sites excluding steroid dienone is 2. The van der Waals surface area contributed by atoms with Gasteiger partial charge < -0.3 is 0 Å². The fourth-order valence-electron chi connectivity index (χ4n) is 8.07. The molecule has 5 rings (SSSR count). The molecule has 3 saturated carbocycles. The molecule has 0 bridgehead atoms. The summed E-state index contributed by atoms with van der Waals surface area (Å²) in [5.74, 6) is 4.24. The lowest BCUT2D eigenvalue weighted by Crippen LogP contribution is -2.56. The molecule has 3 heteroatoms. The van der Waals surface area contributed by atoms with E-state index in [9.17, 15) is 4.79 Å². The quantitative estimate of drug-likeness (QED) is 0.661. The molecule has 0 amide bonds. The zero-order valence-electron chi connectivity index (χ0n) is 17.7. The van der Waals surface area contributed by atoms with Gasteiger partial charge in [-0.15, -0.1) is 0 Å². The SMILES string of the molecule is CCC1CC2CC(=O)CC[C@]2(C)[C@@H]2CC[C@]3(C)C(c4ccncn4)=CC[C@H]3[C@H]12. The lowest BCUT2D eigenvalue weighted by Gasteiger charge is -2.62. The summed E-state index contributed by atoms with van der Waals surface area (Å²) in [5.41, 5.74) is 3.23. The average molecular weight is 379 g/mol. The van der Waals surface area contributed by atoms with Gasteiger partial charge >= 0.3 is 0 Å². The number of aromatic nitrogens is 2. The zero-order chi connectivity index (χ0) is 19.5. The van der Waals surface area contributed by atoms with Gasteiger partial charge in [-0.25, -0.2) is 9.97 Å². The molecule has 0 spiro atoms. The van der Waals surface area contributed by atoms with Crippen molar-refractivity contribution < 1.29 is 4.79 Å². The topological polar surface area (TPSA) is 42.9 Å². The van der Waals surface area contributed by atoms with E-state index >= 15 is 0 Å². The maximum absolute atomic E-state index is 12.2. The van der Waals surface area contributed by atoms with E-state index in [-0.39, 0.29) is 5.41 Å². The van der Waals surface area contributed by atoms with E-state index in [0.717, 1.165) is 48.6 Å². The number of fused-ring (bicyclic) bond motifs is 5. The van der Waals surface area contributed by atoms with Crippen molar-refractivity contribution in [2.45, 2.75) is 72.1 Å². The molecule has 7 atom stereocenters. The lowest BCUT2D eigenvalue weighted by atomic mass is 9.42. The molecule has 3 nitrogen and oxygen atoms in total. The van der Waals surface area contributed by atoms with E-state index in [0.29, 0.717) is 17.1 Å². The zero-order valence-corrected chi connectivity index (χ0v) is 17.7. The molecule has 3 fully saturated rings. The van der Waals surface area contributed by atoms with Crippen molar-refractivity contribution in [1.82, 2.24) is 9.97 Å². The number of rotatable bonds is 2. The molecule has 0 aromatic carbocycles. The van der Waals surface area contributed by atoms with Gasteiger partial charge in [-0.2, -0.15) is 0 Å². The third-order valence-electron chi connectivity index (χ3n) is 9.62. The predicted octanol–water partition coefficient (Wildman–Crippen LogP) is 5.72. The van der Waals surface area contributed by atoms with Crippen LogP contribution in [0.4, 0.5) is 0 Å². The molecule has 150 valence electrons. The molecule has 1 aromatic heterocycles. The normalized spacial score (nSPS) is 45.0.